The fourth-order valence-corrected chi connectivity index (χ4v) is 2.20. The normalized spacial score (nSPS) is 10.0. The Labute approximate surface area is 132 Å². The first-order valence-electron chi connectivity index (χ1n) is 9.10. The van der Waals surface area contributed by atoms with Gasteiger partial charge in [-0.15, -0.1) is 0 Å². The van der Waals surface area contributed by atoms with Crippen LogP contribution < -0.4 is 5.73 Å². The molecule has 0 atom stereocenters. The minimum absolute atomic E-state index is 0.292. The topological polar surface area (TPSA) is 63.3 Å². The molecule has 0 aromatic heterocycles. The van der Waals surface area contributed by atoms with Crippen molar-refractivity contribution < 1.29 is 9.90 Å². The number of hydrogen-bond donors (Lipinski definition) is 2. The van der Waals surface area contributed by atoms with Crippen molar-refractivity contribution in [2.45, 2.75) is 104 Å². The molecule has 0 unspecified atom stereocenters. The van der Waals surface area contributed by atoms with E-state index in [9.17, 15) is 4.79 Å². The summed E-state index contributed by atoms with van der Waals surface area (Å²) in [5.41, 5.74) is 5.45. The van der Waals surface area contributed by atoms with Crippen LogP contribution in [0, 0.1) is 0 Å². The van der Waals surface area contributed by atoms with Gasteiger partial charge in [0.05, 0.1) is 0 Å². The minimum Gasteiger partial charge on any atom is -0.481 e. The first-order chi connectivity index (χ1) is 10.2. The maximum Gasteiger partial charge on any atom is 0.303 e. The lowest BCUT2D eigenvalue weighted by molar-refractivity contribution is -0.137. The molecule has 0 heterocycles. The number of unbranched alkanes of at least 4 members (excludes halogenated alkanes) is 11. The SMILES string of the molecule is CCCC(=O)O.CCCCCCCCCCCCCCN. The van der Waals surface area contributed by atoms with Crippen molar-refractivity contribution in [1.29, 1.82) is 0 Å². The van der Waals surface area contributed by atoms with Gasteiger partial charge in [0.2, 0.25) is 0 Å². The van der Waals surface area contributed by atoms with Crippen LogP contribution in [0.5, 0.6) is 0 Å². The molecule has 0 aromatic carbocycles. The van der Waals surface area contributed by atoms with Gasteiger partial charge < -0.3 is 10.8 Å². The summed E-state index contributed by atoms with van der Waals surface area (Å²) in [6.45, 7) is 4.99. The first kappa shape index (κ1) is 22.7. The third-order valence-electron chi connectivity index (χ3n) is 3.52. The van der Waals surface area contributed by atoms with E-state index in [0.717, 1.165) is 13.0 Å². The van der Waals surface area contributed by atoms with Gasteiger partial charge in [-0.25, -0.2) is 0 Å². The second-order valence-electron chi connectivity index (χ2n) is 5.82. The van der Waals surface area contributed by atoms with Crippen LogP contribution >= 0.6 is 0 Å². The number of rotatable bonds is 14. The van der Waals surface area contributed by atoms with Gasteiger partial charge in [0.15, 0.2) is 0 Å². The Hall–Kier alpha value is -0.570. The highest BCUT2D eigenvalue weighted by molar-refractivity contribution is 5.66. The molecule has 0 spiro atoms. The lowest BCUT2D eigenvalue weighted by Gasteiger charge is -2.01. The van der Waals surface area contributed by atoms with E-state index in [1.54, 1.807) is 0 Å². The summed E-state index contributed by atoms with van der Waals surface area (Å²) < 4.78 is 0. The lowest BCUT2D eigenvalue weighted by Crippen LogP contribution is -1.97. The van der Waals surface area contributed by atoms with Crippen LogP contribution in [0.1, 0.15) is 104 Å². The van der Waals surface area contributed by atoms with Crippen molar-refractivity contribution in [3.8, 4) is 0 Å². The molecular formula is C18H39NO2. The molecule has 0 saturated heterocycles. The average molecular weight is 302 g/mol. The van der Waals surface area contributed by atoms with Gasteiger partial charge >= 0.3 is 5.97 Å². The fourth-order valence-electron chi connectivity index (χ4n) is 2.20. The van der Waals surface area contributed by atoms with E-state index in [2.05, 4.69) is 6.92 Å². The molecule has 0 aliphatic rings. The second kappa shape index (κ2) is 21.7. The van der Waals surface area contributed by atoms with Crippen LogP contribution in [0.15, 0.2) is 0 Å². The summed E-state index contributed by atoms with van der Waals surface area (Å²) in [5.74, 6) is -0.711. The molecular weight excluding hydrogens is 262 g/mol. The summed E-state index contributed by atoms with van der Waals surface area (Å²) in [7, 11) is 0. The van der Waals surface area contributed by atoms with E-state index in [-0.39, 0.29) is 0 Å². The lowest BCUT2D eigenvalue weighted by atomic mass is 10.1. The Kier molecular flexibility index (Phi) is 23.5. The van der Waals surface area contributed by atoms with E-state index >= 15 is 0 Å². The van der Waals surface area contributed by atoms with Crippen molar-refractivity contribution >= 4 is 5.97 Å². The number of carboxylic acid groups (broad SMARTS) is 1. The van der Waals surface area contributed by atoms with E-state index in [1.165, 1.54) is 77.0 Å². The number of nitrogens with two attached hydrogens (primary N) is 1. The third kappa shape index (κ3) is 28.3. The predicted molar refractivity (Wildman–Crippen MR) is 92.7 cm³/mol. The molecule has 128 valence electrons. The van der Waals surface area contributed by atoms with Crippen molar-refractivity contribution in [3.63, 3.8) is 0 Å². The van der Waals surface area contributed by atoms with Crippen LogP contribution in [-0.2, 0) is 4.79 Å². The predicted octanol–water partition coefficient (Wildman–Crippen LogP) is 5.52. The summed E-state index contributed by atoms with van der Waals surface area (Å²) in [6, 6.07) is 0. The molecule has 3 nitrogen and oxygen atoms in total. The largest absolute Gasteiger partial charge is 0.481 e. The zero-order valence-electron chi connectivity index (χ0n) is 14.5. The van der Waals surface area contributed by atoms with E-state index in [0.29, 0.717) is 6.42 Å². The molecule has 0 rings (SSSR count). The Balaban J connectivity index is 0. The average Bonchev–Trinajstić information content (AvgIpc) is 2.45. The minimum atomic E-state index is -0.711. The van der Waals surface area contributed by atoms with Gasteiger partial charge in [-0.1, -0.05) is 84.5 Å². The van der Waals surface area contributed by atoms with Crippen LogP contribution in [-0.4, -0.2) is 17.6 Å². The molecule has 0 saturated carbocycles. The van der Waals surface area contributed by atoms with Crippen molar-refractivity contribution in [1.82, 2.24) is 0 Å². The van der Waals surface area contributed by atoms with Crippen LogP contribution in [0.4, 0.5) is 0 Å². The van der Waals surface area contributed by atoms with Gasteiger partial charge in [-0.2, -0.15) is 0 Å². The molecule has 0 radical (unpaired) electrons. The summed E-state index contributed by atoms with van der Waals surface area (Å²) >= 11 is 0. The summed E-state index contributed by atoms with van der Waals surface area (Å²) in [5, 5.41) is 7.91. The third-order valence-corrected chi connectivity index (χ3v) is 3.52. The first-order valence-corrected chi connectivity index (χ1v) is 9.10. The monoisotopic (exact) mass is 301 g/mol. The molecule has 0 fully saturated rings. The number of aliphatic carboxylic acids is 1. The van der Waals surface area contributed by atoms with E-state index in [1.807, 2.05) is 6.92 Å². The Morgan fingerprint density at radius 3 is 1.33 bits per heavy atom. The Bertz CT molecular complexity index is 184. The second-order valence-corrected chi connectivity index (χ2v) is 5.82. The molecule has 0 aromatic rings. The van der Waals surface area contributed by atoms with Gasteiger partial charge in [0, 0.05) is 6.42 Å². The molecule has 21 heavy (non-hydrogen) atoms. The van der Waals surface area contributed by atoms with E-state index in [4.69, 9.17) is 10.8 Å². The molecule has 0 bridgehead atoms. The van der Waals surface area contributed by atoms with Crippen LogP contribution in [0.3, 0.4) is 0 Å². The molecule has 0 aliphatic heterocycles. The number of carboxylic acids is 1. The molecule has 0 amide bonds. The maximum atomic E-state index is 9.60. The molecule has 3 heteroatoms. The van der Waals surface area contributed by atoms with Crippen LogP contribution in [0.2, 0.25) is 0 Å². The zero-order chi connectivity index (χ0) is 16.2. The fraction of sp³-hybridized carbons (Fsp3) is 0.944. The Morgan fingerprint density at radius 2 is 1.10 bits per heavy atom. The Morgan fingerprint density at radius 1 is 0.714 bits per heavy atom. The number of carbonyl (C=O) groups is 1. The van der Waals surface area contributed by atoms with Crippen molar-refractivity contribution in [3.05, 3.63) is 0 Å². The van der Waals surface area contributed by atoms with Crippen molar-refractivity contribution in [2.75, 3.05) is 6.54 Å². The number of hydrogen-bond acceptors (Lipinski definition) is 2. The highest BCUT2D eigenvalue weighted by Crippen LogP contribution is 2.11. The maximum absolute atomic E-state index is 9.60. The van der Waals surface area contributed by atoms with Gasteiger partial charge in [0.1, 0.15) is 0 Å². The zero-order valence-corrected chi connectivity index (χ0v) is 14.5. The van der Waals surface area contributed by atoms with Gasteiger partial charge in [-0.05, 0) is 19.4 Å². The van der Waals surface area contributed by atoms with Gasteiger partial charge in [0.25, 0.3) is 0 Å². The van der Waals surface area contributed by atoms with Gasteiger partial charge in [-0.3, -0.25) is 4.79 Å². The smallest absolute Gasteiger partial charge is 0.303 e. The summed E-state index contributed by atoms with van der Waals surface area (Å²) in [6.07, 6.45) is 17.9. The highest BCUT2D eigenvalue weighted by atomic mass is 16.4. The van der Waals surface area contributed by atoms with Crippen LogP contribution in [0.25, 0.3) is 0 Å². The summed E-state index contributed by atoms with van der Waals surface area (Å²) in [4.78, 5) is 9.60. The molecule has 3 N–H and O–H groups in total. The van der Waals surface area contributed by atoms with E-state index < -0.39 is 5.97 Å². The van der Waals surface area contributed by atoms with Crippen molar-refractivity contribution in [2.24, 2.45) is 5.73 Å². The quantitative estimate of drug-likeness (QED) is 0.415. The molecule has 0 aliphatic carbocycles. The highest BCUT2D eigenvalue weighted by Gasteiger charge is 1.92. The standard InChI is InChI=1S/C14H31N.C4H8O2/c1-2-3-4-5-6-7-8-9-10-11-12-13-14-15;1-2-3-4(5)6/h2-15H2,1H3;2-3H2,1H3,(H,5,6).